The van der Waals surface area contributed by atoms with Crippen molar-refractivity contribution >= 4 is 41.2 Å². The van der Waals surface area contributed by atoms with Gasteiger partial charge in [0.25, 0.3) is 0 Å². The third-order valence-electron chi connectivity index (χ3n) is 12.3. The third kappa shape index (κ3) is 10.5. The molecule has 14 nitrogen and oxygen atoms in total. The standard InChI is InChI=1S/C43H63N7O7/c1-8-26(4)35-40(54)46-32(25-57-43(6,7)10-3)38(52)45-31(24-28-16-12-11-13-17-28)41(55)49-22-14-18-33(49)29-20-21-30(44-29)37(51)48-36(27(5)9-2)42(56)50-23-15-19-34(50)39(53)47-35/h10-13,16-17,26-27,30-36H,3,8-9,14-15,18-25H2,1-2,4-7H3,(H,45,52)(H,46,54)(H,47,53)(H,48,51). The first kappa shape index (κ1) is 43.5. The van der Waals surface area contributed by atoms with Gasteiger partial charge in [-0.1, -0.05) is 76.9 Å². The summed E-state index contributed by atoms with van der Waals surface area (Å²) in [6.45, 7) is 15.5. The van der Waals surface area contributed by atoms with Crippen LogP contribution < -0.4 is 21.3 Å². The SMILES string of the molecule is C=CC(C)(C)OCC1NC(=O)C(C(C)CC)NC(=O)C2CCCN2C(=O)C(C(C)CC)NC(=O)C2CCC(=N2)C2CCCN2C(=O)C(Cc2ccccc2)NC1=O. The third-order valence-corrected chi connectivity index (χ3v) is 12.3. The Bertz CT molecular complexity index is 1680. The molecule has 0 spiro atoms. The summed E-state index contributed by atoms with van der Waals surface area (Å²) in [5, 5.41) is 11.8. The van der Waals surface area contributed by atoms with Gasteiger partial charge in [-0.25, -0.2) is 0 Å². The Morgan fingerprint density at radius 2 is 1.37 bits per heavy atom. The predicted octanol–water partition coefficient (Wildman–Crippen LogP) is 2.84. The van der Waals surface area contributed by atoms with E-state index in [2.05, 4.69) is 27.8 Å². The Morgan fingerprint density at radius 1 is 0.772 bits per heavy atom. The van der Waals surface area contributed by atoms with E-state index in [1.807, 2.05) is 58.0 Å². The quantitative estimate of drug-likeness (QED) is 0.264. The van der Waals surface area contributed by atoms with Crippen LogP contribution >= 0.6 is 0 Å². The van der Waals surface area contributed by atoms with Crippen LogP contribution in [0.2, 0.25) is 0 Å². The number of nitrogens with zero attached hydrogens (tertiary/aromatic N) is 3. The Balaban J connectivity index is 1.56. The molecule has 2 bridgehead atoms. The smallest absolute Gasteiger partial charge is 0.246 e. The van der Waals surface area contributed by atoms with Crippen molar-refractivity contribution in [2.45, 2.75) is 147 Å². The van der Waals surface area contributed by atoms with Crippen LogP contribution in [0.25, 0.3) is 0 Å². The van der Waals surface area contributed by atoms with E-state index in [0.29, 0.717) is 58.0 Å². The number of aliphatic imine (C=N–C) groups is 1. The molecule has 2 fully saturated rings. The molecule has 1 aromatic rings. The monoisotopic (exact) mass is 789 g/mol. The minimum atomic E-state index is -1.24. The molecule has 312 valence electrons. The number of benzene rings is 1. The number of hydrogen-bond acceptors (Lipinski definition) is 8. The van der Waals surface area contributed by atoms with Crippen LogP contribution in [-0.2, 0) is 39.9 Å². The molecule has 4 N–H and O–H groups in total. The van der Waals surface area contributed by atoms with Crippen molar-refractivity contribution in [3.05, 3.63) is 48.6 Å². The number of carbonyl (C=O) groups is 6. The molecule has 2 saturated heterocycles. The Hall–Kier alpha value is -4.59. The number of nitrogens with one attached hydrogen (secondary N) is 4. The lowest BCUT2D eigenvalue weighted by Gasteiger charge is -2.33. The van der Waals surface area contributed by atoms with Crippen LogP contribution in [0.4, 0.5) is 0 Å². The molecular weight excluding hydrogens is 727 g/mol. The minimum absolute atomic E-state index is 0.195. The summed E-state index contributed by atoms with van der Waals surface area (Å²) in [6.07, 6.45) is 6.26. The van der Waals surface area contributed by atoms with Crippen LogP contribution in [-0.4, -0.2) is 119 Å². The van der Waals surface area contributed by atoms with Crippen LogP contribution in [0.5, 0.6) is 0 Å². The highest BCUT2D eigenvalue weighted by Crippen LogP contribution is 2.28. The number of amides is 6. The van der Waals surface area contributed by atoms with E-state index in [4.69, 9.17) is 9.73 Å². The van der Waals surface area contributed by atoms with Gasteiger partial charge < -0.3 is 35.8 Å². The Labute approximate surface area is 337 Å². The topological polar surface area (TPSA) is 179 Å². The molecule has 9 unspecified atom stereocenters. The molecule has 5 rings (SSSR count). The normalized spacial score (nSPS) is 29.2. The maximum Gasteiger partial charge on any atom is 0.246 e. The van der Waals surface area contributed by atoms with Gasteiger partial charge in [0.2, 0.25) is 35.4 Å². The molecule has 0 aliphatic carbocycles. The summed E-state index contributed by atoms with van der Waals surface area (Å²) in [4.78, 5) is 93.7. The lowest BCUT2D eigenvalue weighted by Crippen LogP contribution is -2.61. The fraction of sp³-hybridized carbons (Fsp3) is 0.651. The van der Waals surface area contributed by atoms with Gasteiger partial charge in [0.05, 0.1) is 18.2 Å². The summed E-state index contributed by atoms with van der Waals surface area (Å²) in [6, 6.07) is 3.31. The Kier molecular flexibility index (Phi) is 14.7. The second-order valence-electron chi connectivity index (χ2n) is 16.7. The first-order valence-corrected chi connectivity index (χ1v) is 20.9. The zero-order chi connectivity index (χ0) is 41.4. The van der Waals surface area contributed by atoms with Crippen molar-refractivity contribution in [1.29, 1.82) is 0 Å². The second kappa shape index (κ2) is 19.2. The van der Waals surface area contributed by atoms with Crippen molar-refractivity contribution in [1.82, 2.24) is 31.1 Å². The summed E-state index contributed by atoms with van der Waals surface area (Å²) in [5.74, 6) is -3.26. The molecule has 6 amide bonds. The largest absolute Gasteiger partial charge is 0.369 e. The molecule has 14 heteroatoms. The molecular formula is C43H63N7O7. The van der Waals surface area contributed by atoms with E-state index >= 15 is 0 Å². The van der Waals surface area contributed by atoms with Crippen molar-refractivity contribution in [3.8, 4) is 0 Å². The van der Waals surface area contributed by atoms with E-state index in [9.17, 15) is 28.8 Å². The van der Waals surface area contributed by atoms with Gasteiger partial charge in [-0.3, -0.25) is 33.8 Å². The molecule has 4 aliphatic heterocycles. The van der Waals surface area contributed by atoms with E-state index < -0.39 is 59.6 Å². The van der Waals surface area contributed by atoms with Gasteiger partial charge in [0, 0.05) is 25.2 Å². The van der Waals surface area contributed by atoms with Crippen molar-refractivity contribution in [2.24, 2.45) is 16.8 Å². The highest BCUT2D eigenvalue weighted by molar-refractivity contribution is 6.01. The molecule has 4 heterocycles. The maximum absolute atomic E-state index is 14.6. The Morgan fingerprint density at radius 3 is 2.02 bits per heavy atom. The van der Waals surface area contributed by atoms with Crippen LogP contribution in [0, 0.1) is 11.8 Å². The van der Waals surface area contributed by atoms with Gasteiger partial charge >= 0.3 is 0 Å². The van der Waals surface area contributed by atoms with Gasteiger partial charge in [-0.2, -0.15) is 0 Å². The summed E-state index contributed by atoms with van der Waals surface area (Å²) >= 11 is 0. The van der Waals surface area contributed by atoms with Crippen LogP contribution in [0.3, 0.4) is 0 Å². The van der Waals surface area contributed by atoms with Crippen LogP contribution in [0.15, 0.2) is 48.0 Å². The molecule has 4 aliphatic rings. The van der Waals surface area contributed by atoms with Crippen molar-refractivity contribution < 1.29 is 33.5 Å². The molecule has 1 aromatic carbocycles. The van der Waals surface area contributed by atoms with Crippen molar-refractivity contribution in [2.75, 3.05) is 19.7 Å². The van der Waals surface area contributed by atoms with E-state index in [1.54, 1.807) is 24.8 Å². The highest BCUT2D eigenvalue weighted by Gasteiger charge is 2.44. The van der Waals surface area contributed by atoms with Gasteiger partial charge in [0.15, 0.2) is 0 Å². The fourth-order valence-corrected chi connectivity index (χ4v) is 8.12. The van der Waals surface area contributed by atoms with E-state index in [1.165, 1.54) is 4.90 Å². The van der Waals surface area contributed by atoms with Gasteiger partial charge in [-0.15, -0.1) is 6.58 Å². The average molecular weight is 790 g/mol. The summed E-state index contributed by atoms with van der Waals surface area (Å²) in [7, 11) is 0. The first-order chi connectivity index (χ1) is 27.2. The number of fused-ring (bicyclic) bond motifs is 4. The lowest BCUT2D eigenvalue weighted by atomic mass is 9.96. The average Bonchev–Trinajstić information content (AvgIpc) is 4.01. The number of hydrogen-bond donors (Lipinski definition) is 4. The number of ether oxygens (including phenoxy) is 1. The van der Waals surface area contributed by atoms with Crippen molar-refractivity contribution in [3.63, 3.8) is 0 Å². The first-order valence-electron chi connectivity index (χ1n) is 20.9. The minimum Gasteiger partial charge on any atom is -0.369 e. The van der Waals surface area contributed by atoms with Gasteiger partial charge in [-0.05, 0) is 69.8 Å². The zero-order valence-electron chi connectivity index (χ0n) is 34.6. The predicted molar refractivity (Wildman–Crippen MR) is 217 cm³/mol. The molecule has 0 saturated carbocycles. The summed E-state index contributed by atoms with van der Waals surface area (Å²) in [5.41, 5.74) is 0.740. The molecule has 0 radical (unpaired) electrons. The number of rotatable bonds is 10. The zero-order valence-corrected chi connectivity index (χ0v) is 34.6. The van der Waals surface area contributed by atoms with Gasteiger partial charge in [0.1, 0.15) is 36.3 Å². The highest BCUT2D eigenvalue weighted by atomic mass is 16.5. The number of carbonyl (C=O) groups excluding carboxylic acids is 6. The molecule has 9 atom stereocenters. The van der Waals surface area contributed by atoms with E-state index in [-0.39, 0.29) is 48.6 Å². The van der Waals surface area contributed by atoms with E-state index in [0.717, 1.165) is 17.7 Å². The van der Waals surface area contributed by atoms with Crippen LogP contribution in [0.1, 0.15) is 98.5 Å². The molecule has 57 heavy (non-hydrogen) atoms. The fourth-order valence-electron chi connectivity index (χ4n) is 8.12. The summed E-state index contributed by atoms with van der Waals surface area (Å²) < 4.78 is 6.08. The lowest BCUT2D eigenvalue weighted by molar-refractivity contribution is -0.143. The maximum atomic E-state index is 14.6. The second-order valence-corrected chi connectivity index (χ2v) is 16.7. The molecule has 0 aromatic heterocycles.